The summed E-state index contributed by atoms with van der Waals surface area (Å²) in [6.45, 7) is 8.62. The lowest BCUT2D eigenvalue weighted by atomic mass is 9.98. The van der Waals surface area contributed by atoms with Gasteiger partial charge < -0.3 is 10.2 Å². The molecule has 1 fully saturated rings. The van der Waals surface area contributed by atoms with E-state index in [-0.39, 0.29) is 0 Å². The predicted octanol–water partition coefficient (Wildman–Crippen LogP) is 3.77. The SMILES string of the molecule is CCCNc1ncc(C)c(N2CCCCC2CCC)n1. The number of hydrogen-bond donors (Lipinski definition) is 1. The van der Waals surface area contributed by atoms with Crippen molar-refractivity contribution in [3.8, 4) is 0 Å². The Morgan fingerprint density at radius 2 is 2.15 bits per heavy atom. The lowest BCUT2D eigenvalue weighted by Crippen LogP contribution is -2.40. The van der Waals surface area contributed by atoms with Crippen molar-refractivity contribution in [1.29, 1.82) is 0 Å². The molecule has 0 saturated carbocycles. The molecule has 2 rings (SSSR count). The molecular weight excluding hydrogens is 248 g/mol. The van der Waals surface area contributed by atoms with Gasteiger partial charge in [-0.15, -0.1) is 0 Å². The van der Waals surface area contributed by atoms with Gasteiger partial charge in [0, 0.05) is 30.9 Å². The number of aromatic nitrogens is 2. The van der Waals surface area contributed by atoms with Crippen LogP contribution < -0.4 is 10.2 Å². The van der Waals surface area contributed by atoms with Crippen LogP contribution in [-0.2, 0) is 0 Å². The third kappa shape index (κ3) is 3.62. The number of nitrogens with zero attached hydrogens (tertiary/aromatic N) is 3. The molecule has 0 spiro atoms. The minimum Gasteiger partial charge on any atom is -0.354 e. The van der Waals surface area contributed by atoms with Gasteiger partial charge in [0.15, 0.2) is 0 Å². The fourth-order valence-corrected chi connectivity index (χ4v) is 2.96. The fourth-order valence-electron chi connectivity index (χ4n) is 2.96. The van der Waals surface area contributed by atoms with E-state index < -0.39 is 0 Å². The van der Waals surface area contributed by atoms with Crippen LogP contribution >= 0.6 is 0 Å². The highest BCUT2D eigenvalue weighted by atomic mass is 15.3. The zero-order chi connectivity index (χ0) is 14.4. The Morgan fingerprint density at radius 3 is 2.90 bits per heavy atom. The molecule has 2 heterocycles. The van der Waals surface area contributed by atoms with Crippen LogP contribution in [0.3, 0.4) is 0 Å². The van der Waals surface area contributed by atoms with Crippen LogP contribution in [-0.4, -0.2) is 29.1 Å². The summed E-state index contributed by atoms with van der Waals surface area (Å²) in [5.41, 5.74) is 1.19. The van der Waals surface area contributed by atoms with E-state index in [0.717, 1.165) is 31.3 Å². The quantitative estimate of drug-likeness (QED) is 0.859. The normalized spacial score (nSPS) is 19.1. The average molecular weight is 276 g/mol. The number of nitrogens with one attached hydrogen (secondary N) is 1. The molecule has 4 nitrogen and oxygen atoms in total. The molecule has 0 amide bonds. The van der Waals surface area contributed by atoms with Crippen molar-refractivity contribution in [2.24, 2.45) is 0 Å². The molecule has 20 heavy (non-hydrogen) atoms. The van der Waals surface area contributed by atoms with Crippen molar-refractivity contribution >= 4 is 11.8 Å². The van der Waals surface area contributed by atoms with Crippen LogP contribution in [0.5, 0.6) is 0 Å². The Bertz CT molecular complexity index is 417. The molecule has 1 saturated heterocycles. The van der Waals surface area contributed by atoms with Gasteiger partial charge in [-0.3, -0.25) is 0 Å². The van der Waals surface area contributed by atoms with Gasteiger partial charge >= 0.3 is 0 Å². The third-order valence-corrected chi connectivity index (χ3v) is 4.00. The van der Waals surface area contributed by atoms with E-state index >= 15 is 0 Å². The maximum atomic E-state index is 4.77. The number of hydrogen-bond acceptors (Lipinski definition) is 4. The van der Waals surface area contributed by atoms with Gasteiger partial charge in [-0.2, -0.15) is 4.98 Å². The van der Waals surface area contributed by atoms with E-state index in [1.165, 1.54) is 37.7 Å². The van der Waals surface area contributed by atoms with Gasteiger partial charge in [0.25, 0.3) is 0 Å². The molecule has 1 aromatic rings. The van der Waals surface area contributed by atoms with E-state index in [4.69, 9.17) is 4.98 Å². The lowest BCUT2D eigenvalue weighted by molar-refractivity contribution is 0.431. The molecule has 1 unspecified atom stereocenters. The Morgan fingerprint density at radius 1 is 1.30 bits per heavy atom. The molecule has 1 N–H and O–H groups in total. The summed E-state index contributed by atoms with van der Waals surface area (Å²) in [6.07, 6.45) is 9.49. The second-order valence-corrected chi connectivity index (χ2v) is 5.76. The molecular formula is C16H28N4. The van der Waals surface area contributed by atoms with Gasteiger partial charge in [-0.25, -0.2) is 4.98 Å². The topological polar surface area (TPSA) is 41.1 Å². The monoisotopic (exact) mass is 276 g/mol. The Hall–Kier alpha value is -1.32. The van der Waals surface area contributed by atoms with Gasteiger partial charge in [-0.1, -0.05) is 20.3 Å². The second kappa shape index (κ2) is 7.46. The molecule has 1 atom stereocenters. The van der Waals surface area contributed by atoms with Crippen molar-refractivity contribution in [2.75, 3.05) is 23.3 Å². The summed E-state index contributed by atoms with van der Waals surface area (Å²) in [4.78, 5) is 11.7. The summed E-state index contributed by atoms with van der Waals surface area (Å²) in [5, 5.41) is 3.30. The summed E-state index contributed by atoms with van der Waals surface area (Å²) in [7, 11) is 0. The predicted molar refractivity (Wildman–Crippen MR) is 85.4 cm³/mol. The Kier molecular flexibility index (Phi) is 5.62. The van der Waals surface area contributed by atoms with E-state index in [9.17, 15) is 0 Å². The molecule has 4 heteroatoms. The van der Waals surface area contributed by atoms with Crippen molar-refractivity contribution in [1.82, 2.24) is 9.97 Å². The minimum absolute atomic E-state index is 0.654. The van der Waals surface area contributed by atoms with Crippen molar-refractivity contribution < 1.29 is 0 Å². The Labute approximate surface area is 123 Å². The molecule has 1 aromatic heterocycles. The van der Waals surface area contributed by atoms with Crippen LogP contribution in [0, 0.1) is 6.92 Å². The standard InChI is InChI=1S/C16H28N4/c1-4-8-14-9-6-7-11-20(14)15-13(3)12-18-16(19-15)17-10-5-2/h12,14H,4-11H2,1-3H3,(H,17,18,19). The molecule has 1 aliphatic heterocycles. The minimum atomic E-state index is 0.654. The zero-order valence-electron chi connectivity index (χ0n) is 13.2. The number of aryl methyl sites for hydroxylation is 1. The largest absolute Gasteiger partial charge is 0.354 e. The van der Waals surface area contributed by atoms with E-state index in [2.05, 4.69) is 36.0 Å². The summed E-state index contributed by atoms with van der Waals surface area (Å²) in [6, 6.07) is 0.654. The first-order valence-electron chi connectivity index (χ1n) is 8.10. The molecule has 0 aliphatic carbocycles. The fraction of sp³-hybridized carbons (Fsp3) is 0.750. The molecule has 0 radical (unpaired) electrons. The van der Waals surface area contributed by atoms with E-state index in [1.807, 2.05) is 6.20 Å². The maximum Gasteiger partial charge on any atom is 0.224 e. The average Bonchev–Trinajstić information content (AvgIpc) is 2.47. The van der Waals surface area contributed by atoms with E-state index in [0.29, 0.717) is 6.04 Å². The molecule has 1 aliphatic rings. The van der Waals surface area contributed by atoms with Crippen molar-refractivity contribution in [3.63, 3.8) is 0 Å². The maximum absolute atomic E-state index is 4.77. The van der Waals surface area contributed by atoms with Crippen molar-refractivity contribution in [3.05, 3.63) is 11.8 Å². The van der Waals surface area contributed by atoms with Gasteiger partial charge in [-0.05, 0) is 39.0 Å². The second-order valence-electron chi connectivity index (χ2n) is 5.76. The van der Waals surface area contributed by atoms with Gasteiger partial charge in [0.1, 0.15) is 5.82 Å². The number of piperidine rings is 1. The Balaban J connectivity index is 2.19. The lowest BCUT2D eigenvalue weighted by Gasteiger charge is -2.37. The third-order valence-electron chi connectivity index (χ3n) is 4.00. The van der Waals surface area contributed by atoms with Crippen LogP contribution in [0.4, 0.5) is 11.8 Å². The molecule has 0 bridgehead atoms. The van der Waals surface area contributed by atoms with Crippen LogP contribution in [0.15, 0.2) is 6.20 Å². The highest BCUT2D eigenvalue weighted by Crippen LogP contribution is 2.28. The number of anilines is 2. The highest BCUT2D eigenvalue weighted by Gasteiger charge is 2.24. The first-order valence-corrected chi connectivity index (χ1v) is 8.10. The summed E-state index contributed by atoms with van der Waals surface area (Å²) >= 11 is 0. The van der Waals surface area contributed by atoms with Crippen molar-refractivity contribution in [2.45, 2.75) is 65.3 Å². The summed E-state index contributed by atoms with van der Waals surface area (Å²) < 4.78 is 0. The van der Waals surface area contributed by atoms with Gasteiger partial charge in [0.05, 0.1) is 0 Å². The van der Waals surface area contributed by atoms with Crippen LogP contribution in [0.1, 0.15) is 57.9 Å². The zero-order valence-corrected chi connectivity index (χ0v) is 13.2. The first kappa shape index (κ1) is 15.1. The molecule has 0 aromatic carbocycles. The van der Waals surface area contributed by atoms with Crippen LogP contribution in [0.25, 0.3) is 0 Å². The van der Waals surface area contributed by atoms with Gasteiger partial charge in [0.2, 0.25) is 5.95 Å². The highest BCUT2D eigenvalue weighted by molar-refractivity contribution is 5.50. The molecule has 112 valence electrons. The smallest absolute Gasteiger partial charge is 0.224 e. The first-order chi connectivity index (χ1) is 9.76. The van der Waals surface area contributed by atoms with Crippen LogP contribution in [0.2, 0.25) is 0 Å². The van der Waals surface area contributed by atoms with E-state index in [1.54, 1.807) is 0 Å². The number of rotatable bonds is 6. The summed E-state index contributed by atoms with van der Waals surface area (Å²) in [5.74, 6) is 1.91.